The summed E-state index contributed by atoms with van der Waals surface area (Å²) in [7, 11) is 3.36. The quantitative estimate of drug-likeness (QED) is 0.823. The van der Waals surface area contributed by atoms with Crippen LogP contribution >= 0.6 is 0 Å². The Hall–Kier alpha value is -2.53. The van der Waals surface area contributed by atoms with Crippen molar-refractivity contribution in [3.8, 4) is 11.5 Å². The van der Waals surface area contributed by atoms with E-state index >= 15 is 0 Å². The van der Waals surface area contributed by atoms with Crippen molar-refractivity contribution >= 4 is 11.6 Å². The van der Waals surface area contributed by atoms with Gasteiger partial charge >= 0.3 is 0 Å². The third-order valence-corrected chi connectivity index (χ3v) is 5.56. The molecule has 0 radical (unpaired) electrons. The van der Waals surface area contributed by atoms with Gasteiger partial charge in [0.05, 0.1) is 26.3 Å². The summed E-state index contributed by atoms with van der Waals surface area (Å²) in [5, 5.41) is 3.09. The number of rotatable bonds is 6. The summed E-state index contributed by atoms with van der Waals surface area (Å²) < 4.78 is 11.0. The molecule has 2 aromatic carbocycles. The molecule has 1 aliphatic rings. The van der Waals surface area contributed by atoms with E-state index in [1.165, 1.54) is 10.5 Å². The van der Waals surface area contributed by atoms with Crippen LogP contribution < -0.4 is 19.7 Å². The van der Waals surface area contributed by atoms with Crippen molar-refractivity contribution in [3.63, 3.8) is 0 Å². The molecule has 0 bridgehead atoms. The average Bonchev–Trinajstić information content (AvgIpc) is 3.12. The zero-order valence-electron chi connectivity index (χ0n) is 16.6. The van der Waals surface area contributed by atoms with Crippen molar-refractivity contribution < 1.29 is 19.2 Å². The average molecular weight is 369 g/mol. The molecule has 0 saturated carbocycles. The van der Waals surface area contributed by atoms with E-state index in [1.807, 2.05) is 37.3 Å². The van der Waals surface area contributed by atoms with E-state index in [0.29, 0.717) is 6.54 Å². The number of anilines is 1. The summed E-state index contributed by atoms with van der Waals surface area (Å²) in [5.74, 6) is 1.72. The first-order valence-corrected chi connectivity index (χ1v) is 9.46. The maximum atomic E-state index is 12.7. The SMILES string of the molecule is COc1ccc(OC)c([C@H]2CCC[NH+]2CC(=O)Nc2cccc(C)c2C)c1. The molecule has 1 saturated heterocycles. The smallest absolute Gasteiger partial charge is 0.279 e. The minimum Gasteiger partial charge on any atom is -0.497 e. The summed E-state index contributed by atoms with van der Waals surface area (Å²) >= 11 is 0. The maximum Gasteiger partial charge on any atom is 0.279 e. The van der Waals surface area contributed by atoms with E-state index in [4.69, 9.17) is 9.47 Å². The molecular weight excluding hydrogens is 340 g/mol. The van der Waals surface area contributed by atoms with Crippen LogP contribution in [0.25, 0.3) is 0 Å². The van der Waals surface area contributed by atoms with Gasteiger partial charge in [0.15, 0.2) is 6.54 Å². The number of benzene rings is 2. The molecule has 0 spiro atoms. The van der Waals surface area contributed by atoms with Crippen LogP contribution in [-0.4, -0.2) is 33.2 Å². The number of likely N-dealkylation sites (tertiary alicyclic amines) is 1. The summed E-state index contributed by atoms with van der Waals surface area (Å²) in [4.78, 5) is 14.0. The van der Waals surface area contributed by atoms with Crippen molar-refractivity contribution in [3.05, 3.63) is 53.1 Å². The second kappa shape index (κ2) is 8.44. The van der Waals surface area contributed by atoms with Crippen LogP contribution in [0.2, 0.25) is 0 Å². The fourth-order valence-corrected chi connectivity index (χ4v) is 3.90. The molecule has 1 unspecified atom stereocenters. The molecule has 1 fully saturated rings. The normalized spacial score (nSPS) is 19.0. The first-order chi connectivity index (χ1) is 13.0. The Kier molecular flexibility index (Phi) is 6.01. The zero-order chi connectivity index (χ0) is 19.4. The highest BCUT2D eigenvalue weighted by atomic mass is 16.5. The molecule has 5 nitrogen and oxygen atoms in total. The van der Waals surface area contributed by atoms with Crippen LogP contribution in [0.3, 0.4) is 0 Å². The minimum atomic E-state index is 0.0486. The molecule has 5 heteroatoms. The topological polar surface area (TPSA) is 52.0 Å². The number of hydrogen-bond acceptors (Lipinski definition) is 3. The number of amides is 1. The van der Waals surface area contributed by atoms with E-state index in [1.54, 1.807) is 14.2 Å². The van der Waals surface area contributed by atoms with Gasteiger partial charge in [-0.2, -0.15) is 0 Å². The number of methoxy groups -OCH3 is 2. The number of ether oxygens (including phenoxy) is 2. The lowest BCUT2D eigenvalue weighted by Crippen LogP contribution is -3.11. The van der Waals surface area contributed by atoms with Crippen molar-refractivity contribution in [1.29, 1.82) is 0 Å². The summed E-state index contributed by atoms with van der Waals surface area (Å²) in [6, 6.07) is 12.1. The third-order valence-electron chi connectivity index (χ3n) is 5.56. The Bertz CT molecular complexity index is 819. The van der Waals surface area contributed by atoms with Gasteiger partial charge in [-0.05, 0) is 49.2 Å². The molecule has 1 heterocycles. The fourth-order valence-electron chi connectivity index (χ4n) is 3.90. The van der Waals surface area contributed by atoms with E-state index < -0.39 is 0 Å². The van der Waals surface area contributed by atoms with E-state index in [-0.39, 0.29) is 11.9 Å². The Morgan fingerprint density at radius 1 is 1.19 bits per heavy atom. The first-order valence-electron chi connectivity index (χ1n) is 9.46. The molecule has 27 heavy (non-hydrogen) atoms. The predicted octanol–water partition coefficient (Wildman–Crippen LogP) is 2.68. The Balaban J connectivity index is 1.75. The highest BCUT2D eigenvalue weighted by Gasteiger charge is 2.34. The lowest BCUT2D eigenvalue weighted by Gasteiger charge is -2.23. The van der Waals surface area contributed by atoms with Gasteiger partial charge in [-0.3, -0.25) is 4.79 Å². The van der Waals surface area contributed by atoms with Crippen molar-refractivity contribution in [2.75, 3.05) is 32.6 Å². The number of aryl methyl sites for hydroxylation is 1. The van der Waals surface area contributed by atoms with Crippen LogP contribution in [-0.2, 0) is 4.79 Å². The second-order valence-corrected chi connectivity index (χ2v) is 7.18. The van der Waals surface area contributed by atoms with Crippen LogP contribution in [0.15, 0.2) is 36.4 Å². The van der Waals surface area contributed by atoms with Gasteiger partial charge in [-0.15, -0.1) is 0 Å². The van der Waals surface area contributed by atoms with Crippen LogP contribution in [0, 0.1) is 13.8 Å². The molecule has 3 rings (SSSR count). The molecule has 2 aromatic rings. The fraction of sp³-hybridized carbons (Fsp3) is 0.409. The van der Waals surface area contributed by atoms with E-state index in [2.05, 4.69) is 18.3 Å². The third kappa shape index (κ3) is 4.25. The molecule has 2 atom stereocenters. The second-order valence-electron chi connectivity index (χ2n) is 7.18. The monoisotopic (exact) mass is 369 g/mol. The number of hydrogen-bond donors (Lipinski definition) is 2. The van der Waals surface area contributed by atoms with E-state index in [9.17, 15) is 4.79 Å². The van der Waals surface area contributed by atoms with Crippen molar-refractivity contribution in [2.24, 2.45) is 0 Å². The standard InChI is InChI=1S/C22H28N2O3/c1-15-7-5-8-19(16(15)2)23-22(25)14-24-12-6-9-20(24)18-13-17(26-3)10-11-21(18)27-4/h5,7-8,10-11,13,20H,6,9,12,14H2,1-4H3,(H,23,25)/p+1/t20-/m1/s1. The lowest BCUT2D eigenvalue weighted by atomic mass is 10.0. The molecule has 144 valence electrons. The predicted molar refractivity (Wildman–Crippen MR) is 107 cm³/mol. The largest absolute Gasteiger partial charge is 0.497 e. The lowest BCUT2D eigenvalue weighted by molar-refractivity contribution is -0.910. The van der Waals surface area contributed by atoms with Gasteiger partial charge in [0, 0.05) is 18.5 Å². The van der Waals surface area contributed by atoms with Gasteiger partial charge in [0.25, 0.3) is 5.91 Å². The Morgan fingerprint density at radius 2 is 2.00 bits per heavy atom. The molecular formula is C22H29N2O3+. The van der Waals surface area contributed by atoms with E-state index in [0.717, 1.165) is 47.7 Å². The van der Waals surface area contributed by atoms with Crippen LogP contribution in [0.1, 0.15) is 35.6 Å². The summed E-state index contributed by atoms with van der Waals surface area (Å²) in [6.45, 7) is 5.52. The highest BCUT2D eigenvalue weighted by Crippen LogP contribution is 2.31. The number of carbonyl (C=O) groups excluding carboxylic acids is 1. The highest BCUT2D eigenvalue weighted by molar-refractivity contribution is 5.92. The van der Waals surface area contributed by atoms with Crippen molar-refractivity contribution in [1.82, 2.24) is 0 Å². The molecule has 1 amide bonds. The number of quaternary nitrogens is 1. The first kappa shape index (κ1) is 19.2. The minimum absolute atomic E-state index is 0.0486. The van der Waals surface area contributed by atoms with Gasteiger partial charge < -0.3 is 19.7 Å². The Morgan fingerprint density at radius 3 is 2.74 bits per heavy atom. The number of carbonyl (C=O) groups is 1. The summed E-state index contributed by atoms with van der Waals surface area (Å²) in [6.07, 6.45) is 2.13. The molecule has 0 aromatic heterocycles. The van der Waals surface area contributed by atoms with Crippen LogP contribution in [0.4, 0.5) is 5.69 Å². The van der Waals surface area contributed by atoms with Crippen LogP contribution in [0.5, 0.6) is 11.5 Å². The van der Waals surface area contributed by atoms with Gasteiger partial charge in [-0.25, -0.2) is 0 Å². The molecule has 2 N–H and O–H groups in total. The number of nitrogens with one attached hydrogen (secondary N) is 2. The maximum absolute atomic E-state index is 12.7. The van der Waals surface area contributed by atoms with Gasteiger partial charge in [0.1, 0.15) is 17.5 Å². The zero-order valence-corrected chi connectivity index (χ0v) is 16.6. The van der Waals surface area contributed by atoms with Crippen molar-refractivity contribution in [2.45, 2.75) is 32.7 Å². The summed E-state index contributed by atoms with van der Waals surface area (Å²) in [5.41, 5.74) is 4.31. The molecule has 0 aliphatic carbocycles. The van der Waals surface area contributed by atoms with Gasteiger partial charge in [0.2, 0.25) is 0 Å². The van der Waals surface area contributed by atoms with Gasteiger partial charge in [-0.1, -0.05) is 12.1 Å². The molecule has 1 aliphatic heterocycles. The Labute approximate surface area is 161 Å².